The van der Waals surface area contributed by atoms with E-state index in [1.807, 2.05) is 0 Å². The predicted octanol–water partition coefficient (Wildman–Crippen LogP) is -1.77. The number of unbranched alkanes of at least 4 members (excludes halogenated alkanes) is 7. The van der Waals surface area contributed by atoms with Crippen molar-refractivity contribution in [2.75, 3.05) is 211 Å². The van der Waals surface area contributed by atoms with Crippen LogP contribution < -0.4 is 32.3 Å². The number of hydrogen-bond acceptors (Lipinski definition) is 34. The third-order valence-electron chi connectivity index (χ3n) is 20.1. The number of Topliss-reactive ketones (excluding diaryl/α,β-unsaturated/α-hetero) is 1. The van der Waals surface area contributed by atoms with Gasteiger partial charge in [0.15, 0.2) is 24.7 Å². The minimum Gasteiger partial charge on any atom is -0.434 e. The van der Waals surface area contributed by atoms with Gasteiger partial charge in [0.1, 0.15) is 49.1 Å². The normalized spacial score (nSPS) is 25.3. The molecular formula is C77H142N6O33. The molecule has 39 heteroatoms. The molecule has 1 aliphatic carbocycles. The van der Waals surface area contributed by atoms with Crippen LogP contribution in [0.5, 0.6) is 0 Å². The number of hydrogen-bond donors (Lipinski definition) is 15. The predicted molar refractivity (Wildman–Crippen MR) is 411 cm³/mol. The van der Waals surface area contributed by atoms with E-state index in [0.29, 0.717) is 26.0 Å². The molecule has 0 aromatic heterocycles. The number of rotatable bonds is 70. The second kappa shape index (κ2) is 63.7. The summed E-state index contributed by atoms with van der Waals surface area (Å²) >= 11 is 0. The molecular weight excluding hydrogens is 1540 g/mol. The van der Waals surface area contributed by atoms with Crippen LogP contribution in [0.15, 0.2) is 0 Å². The third kappa shape index (κ3) is 44.0. The summed E-state index contributed by atoms with van der Waals surface area (Å²) in [6.45, 7) is 7.42. The van der Waals surface area contributed by atoms with Crippen molar-refractivity contribution in [2.24, 2.45) is 28.9 Å². The molecule has 0 bridgehead atoms. The lowest BCUT2D eigenvalue weighted by Crippen LogP contribution is -2.55. The average Bonchev–Trinajstić information content (AvgIpc) is 0.829. The van der Waals surface area contributed by atoms with E-state index in [4.69, 9.17) is 91.0 Å². The van der Waals surface area contributed by atoms with Crippen LogP contribution >= 0.6 is 0 Å². The maximum Gasteiger partial charge on any atom is 0.408 e. The number of nitrogens with two attached hydrogens (primary N) is 1. The lowest BCUT2D eigenvalue weighted by Gasteiger charge is -2.40. The van der Waals surface area contributed by atoms with Gasteiger partial charge in [0.2, 0.25) is 23.6 Å². The van der Waals surface area contributed by atoms with Crippen molar-refractivity contribution < 1.29 is 160 Å². The molecule has 4 aliphatic rings. The van der Waals surface area contributed by atoms with E-state index in [1.54, 1.807) is 20.8 Å². The molecule has 4 fully saturated rings. The molecule has 1 saturated carbocycles. The van der Waals surface area contributed by atoms with E-state index < -0.39 is 129 Å². The van der Waals surface area contributed by atoms with E-state index >= 15 is 0 Å². The molecule has 0 aromatic carbocycles. The Hall–Kier alpha value is -4.26. The number of amides is 5. The highest BCUT2D eigenvalue weighted by molar-refractivity contribution is 5.79. The first-order valence-electron chi connectivity index (χ1n) is 41.5. The minimum absolute atomic E-state index is 0.0433. The number of carbonyl (C=O) groups is 6. The fourth-order valence-electron chi connectivity index (χ4n) is 13.2. The monoisotopic (exact) mass is 1680 g/mol. The van der Waals surface area contributed by atoms with Crippen LogP contribution in [0, 0.1) is 23.2 Å². The Morgan fingerprint density at radius 3 is 1.03 bits per heavy atom. The number of ketones is 1. The van der Waals surface area contributed by atoms with Gasteiger partial charge < -0.3 is 158 Å². The lowest BCUT2D eigenvalue weighted by molar-refractivity contribution is -0.284. The van der Waals surface area contributed by atoms with Gasteiger partial charge in [-0.2, -0.15) is 0 Å². The Kier molecular flexibility index (Phi) is 57.1. The molecule has 678 valence electrons. The first-order valence-corrected chi connectivity index (χ1v) is 41.5. The van der Waals surface area contributed by atoms with Crippen molar-refractivity contribution in [3.63, 3.8) is 0 Å². The summed E-state index contributed by atoms with van der Waals surface area (Å²) in [5.74, 6) is -3.48. The minimum atomic E-state index is -1.23. The highest BCUT2D eigenvalue weighted by Crippen LogP contribution is 2.34. The van der Waals surface area contributed by atoms with Crippen molar-refractivity contribution in [3.8, 4) is 0 Å². The number of carbonyl (C=O) groups excluding carboxylic acids is 6. The van der Waals surface area contributed by atoms with Crippen LogP contribution in [-0.2, 0) is 109 Å². The second-order valence-corrected chi connectivity index (χ2v) is 29.5. The van der Waals surface area contributed by atoms with Gasteiger partial charge in [-0.1, -0.05) is 65.7 Å². The quantitative estimate of drug-likeness (QED) is 0.0237. The standard InChI is InChI=1S/C77H142N6O33/c1-55-66(92)69(95)59(48-84)114-72(55)108-44-41-102-38-35-99-30-22-79-63(89)17-27-105-51-76(52-106-28-18-64(90)80-23-31-100-36-39-103-42-45-109-73-56(2)67(93)70(96)60(49-85)115-73,53-107-29-19-65(91)81-24-32-101-37-40-104-43-46-110-74-57(3)68(94)71(97)61(50-86)116-74)47-58(87)15-11-8-6-4-5-7-9-12-16-62(88)82-25-33-112-77(20-13-10-14-21-77)113-34-26-83-75(98)111-54-78/h55-57,59-61,66-74,84-86,92-97H,4-54,78H2,1-3H3,(H,79,89)(H,80,90)(H,81,91)(H,82,88)(H,83,98). The number of aliphatic hydroxyl groups is 9. The summed E-state index contributed by atoms with van der Waals surface area (Å²) in [6, 6.07) is 0. The van der Waals surface area contributed by atoms with Crippen LogP contribution in [0.4, 0.5) is 4.79 Å². The fraction of sp³-hybridized carbons (Fsp3) is 0.922. The van der Waals surface area contributed by atoms with Gasteiger partial charge >= 0.3 is 6.09 Å². The summed E-state index contributed by atoms with van der Waals surface area (Å²) in [7, 11) is 0. The molecule has 0 aromatic rings. The van der Waals surface area contributed by atoms with Crippen LogP contribution in [0.25, 0.3) is 0 Å². The smallest absolute Gasteiger partial charge is 0.408 e. The summed E-state index contributed by atoms with van der Waals surface area (Å²) in [6.07, 6.45) is -1.43. The molecule has 39 nitrogen and oxygen atoms in total. The fourth-order valence-corrected chi connectivity index (χ4v) is 13.2. The molecule has 0 spiro atoms. The summed E-state index contributed by atoms with van der Waals surface area (Å²) in [5, 5.41) is 104. The summed E-state index contributed by atoms with van der Waals surface area (Å²) < 4.78 is 103. The van der Waals surface area contributed by atoms with E-state index in [2.05, 4.69) is 26.6 Å². The van der Waals surface area contributed by atoms with Gasteiger partial charge in [-0.05, 0) is 25.7 Å². The summed E-state index contributed by atoms with van der Waals surface area (Å²) in [4.78, 5) is 77.6. The Morgan fingerprint density at radius 2 is 0.681 bits per heavy atom. The molecule has 3 aliphatic heterocycles. The Morgan fingerprint density at radius 1 is 0.371 bits per heavy atom. The average molecular weight is 1680 g/mol. The number of alkyl carbamates (subject to hydrolysis) is 1. The van der Waals surface area contributed by atoms with Crippen molar-refractivity contribution in [1.82, 2.24) is 26.6 Å². The van der Waals surface area contributed by atoms with E-state index in [-0.39, 0.29) is 240 Å². The number of nitrogens with one attached hydrogen (secondary N) is 5. The number of aliphatic hydroxyl groups excluding tert-OH is 9. The molecule has 3 heterocycles. The van der Waals surface area contributed by atoms with Gasteiger partial charge in [-0.25, -0.2) is 4.79 Å². The van der Waals surface area contributed by atoms with E-state index in [9.17, 15) is 74.7 Å². The molecule has 5 amide bonds. The SMILES string of the molecule is CC1C(OCCOCCOCCNC(=O)CCOCC(COCCC(=O)NCCOCCOCCOC2OC(CO)C(O)C(O)C2C)(COCCC(=O)NCCOCCOCCOC2OC(CO)C(O)C(O)C2C)CC(=O)CCCCCCCCCCC(=O)NCCOC2(OCCNC(=O)OCN)CCCCC2)OC(CO)C(O)C1O. The zero-order valence-electron chi connectivity index (χ0n) is 68.6. The molecule has 3 saturated heterocycles. The van der Waals surface area contributed by atoms with Crippen LogP contribution in [-0.4, -0.2) is 372 Å². The van der Waals surface area contributed by atoms with Crippen molar-refractivity contribution in [1.29, 1.82) is 0 Å². The highest BCUT2D eigenvalue weighted by Gasteiger charge is 2.45. The Labute approximate surface area is 682 Å². The highest BCUT2D eigenvalue weighted by atomic mass is 16.7. The van der Waals surface area contributed by atoms with Gasteiger partial charge in [0.05, 0.1) is 190 Å². The first-order chi connectivity index (χ1) is 56.1. The number of ether oxygens (including phenoxy) is 18. The first kappa shape index (κ1) is 104. The van der Waals surface area contributed by atoms with Crippen molar-refractivity contribution in [3.05, 3.63) is 0 Å². The zero-order valence-corrected chi connectivity index (χ0v) is 68.6. The Bertz CT molecular complexity index is 2370. The van der Waals surface area contributed by atoms with Gasteiger partial charge in [0.25, 0.3) is 0 Å². The Balaban J connectivity index is 1.25. The molecule has 15 atom stereocenters. The van der Waals surface area contributed by atoms with Gasteiger partial charge in [0, 0.05) is 107 Å². The van der Waals surface area contributed by atoms with Crippen molar-refractivity contribution >= 4 is 35.5 Å². The van der Waals surface area contributed by atoms with Gasteiger partial charge in [-0.3, -0.25) is 29.7 Å². The lowest BCUT2D eigenvalue weighted by atomic mass is 9.84. The largest absolute Gasteiger partial charge is 0.434 e. The maximum absolute atomic E-state index is 14.1. The third-order valence-corrected chi connectivity index (χ3v) is 20.1. The molecule has 0 radical (unpaired) electrons. The van der Waals surface area contributed by atoms with E-state index in [0.717, 1.165) is 77.0 Å². The topological polar surface area (TPSA) is 537 Å². The zero-order chi connectivity index (χ0) is 84.5. The summed E-state index contributed by atoms with van der Waals surface area (Å²) in [5.41, 5.74) is 4.12. The van der Waals surface area contributed by atoms with E-state index in [1.165, 1.54) is 0 Å². The second-order valence-electron chi connectivity index (χ2n) is 29.5. The van der Waals surface area contributed by atoms with Crippen molar-refractivity contribution in [2.45, 2.75) is 222 Å². The van der Waals surface area contributed by atoms with Gasteiger partial charge in [-0.15, -0.1) is 0 Å². The molecule has 15 unspecified atom stereocenters. The van der Waals surface area contributed by atoms with Crippen LogP contribution in [0.2, 0.25) is 0 Å². The molecule has 16 N–H and O–H groups in total. The molecule has 116 heavy (non-hydrogen) atoms. The molecule has 4 rings (SSSR count). The van der Waals surface area contributed by atoms with Crippen LogP contribution in [0.3, 0.4) is 0 Å². The maximum atomic E-state index is 14.1. The van der Waals surface area contributed by atoms with Crippen LogP contribution in [0.1, 0.15) is 143 Å².